The number of carbonyl (C=O) groups is 2. The lowest BCUT2D eigenvalue weighted by molar-refractivity contribution is -0.132. The molecule has 4 nitrogen and oxygen atoms in total. The van der Waals surface area contributed by atoms with Gasteiger partial charge in [-0.2, -0.15) is 0 Å². The molecule has 1 aliphatic rings. The summed E-state index contributed by atoms with van der Waals surface area (Å²) in [5, 5.41) is 12.6. The van der Waals surface area contributed by atoms with Crippen LogP contribution in [0.15, 0.2) is 71.6 Å². The molecule has 0 aliphatic carbocycles. The smallest absolute Gasteiger partial charge is 0.300 e. The van der Waals surface area contributed by atoms with E-state index in [-0.39, 0.29) is 17.0 Å². The van der Waals surface area contributed by atoms with Gasteiger partial charge in [-0.25, -0.2) is 8.78 Å². The molecule has 28 heavy (non-hydrogen) atoms. The number of amides is 1. The third-order valence-corrected chi connectivity index (χ3v) is 5.41. The maximum atomic E-state index is 13.8. The molecule has 1 saturated heterocycles. The van der Waals surface area contributed by atoms with Crippen LogP contribution < -0.4 is 4.90 Å². The number of Topliss-reactive ketones (excluding diaryl/α,β-unsaturated/α-hetero) is 1. The van der Waals surface area contributed by atoms with Crippen molar-refractivity contribution in [2.75, 3.05) is 4.90 Å². The van der Waals surface area contributed by atoms with Crippen molar-refractivity contribution in [3.05, 3.63) is 93.7 Å². The number of rotatable bonds is 3. The second kappa shape index (κ2) is 7.01. The Morgan fingerprint density at radius 1 is 0.964 bits per heavy atom. The van der Waals surface area contributed by atoms with Crippen LogP contribution >= 0.6 is 11.3 Å². The van der Waals surface area contributed by atoms with Crippen molar-refractivity contribution >= 4 is 34.5 Å². The van der Waals surface area contributed by atoms with Gasteiger partial charge in [0.25, 0.3) is 11.7 Å². The molecule has 1 aromatic heterocycles. The van der Waals surface area contributed by atoms with Gasteiger partial charge in [0, 0.05) is 22.2 Å². The topological polar surface area (TPSA) is 57.6 Å². The Kier molecular flexibility index (Phi) is 4.52. The Balaban J connectivity index is 1.93. The summed E-state index contributed by atoms with van der Waals surface area (Å²) in [6.45, 7) is 0. The van der Waals surface area contributed by atoms with Gasteiger partial charge in [0.1, 0.15) is 11.8 Å². The Bertz CT molecular complexity index is 1090. The Morgan fingerprint density at radius 3 is 2.36 bits per heavy atom. The number of ketones is 1. The highest BCUT2D eigenvalue weighted by molar-refractivity contribution is 7.10. The predicted molar refractivity (Wildman–Crippen MR) is 102 cm³/mol. The van der Waals surface area contributed by atoms with Crippen LogP contribution in [0.4, 0.5) is 14.5 Å². The summed E-state index contributed by atoms with van der Waals surface area (Å²) >= 11 is 1.29. The van der Waals surface area contributed by atoms with Crippen molar-refractivity contribution < 1.29 is 23.5 Å². The van der Waals surface area contributed by atoms with Gasteiger partial charge in [0.15, 0.2) is 11.6 Å². The van der Waals surface area contributed by atoms with Gasteiger partial charge in [-0.15, -0.1) is 11.3 Å². The molecule has 0 bridgehead atoms. The second-order valence-electron chi connectivity index (χ2n) is 6.15. The minimum atomic E-state index is -1.13. The normalized spacial score (nSPS) is 18.6. The number of hydrogen-bond acceptors (Lipinski definition) is 4. The fraction of sp³-hybridized carbons (Fsp3) is 0.0476. The fourth-order valence-corrected chi connectivity index (χ4v) is 4.02. The third-order valence-electron chi connectivity index (χ3n) is 4.49. The first kappa shape index (κ1) is 18.1. The molecule has 0 spiro atoms. The van der Waals surface area contributed by atoms with E-state index in [4.69, 9.17) is 0 Å². The van der Waals surface area contributed by atoms with Crippen LogP contribution in [0, 0.1) is 11.6 Å². The van der Waals surface area contributed by atoms with Gasteiger partial charge >= 0.3 is 0 Å². The van der Waals surface area contributed by atoms with Gasteiger partial charge in [-0.3, -0.25) is 14.5 Å². The molecule has 0 saturated carbocycles. The minimum absolute atomic E-state index is 0.0338. The van der Waals surface area contributed by atoms with Crippen molar-refractivity contribution in [3.8, 4) is 0 Å². The molecule has 2 aromatic carbocycles. The number of halogens is 2. The Morgan fingerprint density at radius 2 is 1.71 bits per heavy atom. The molecule has 1 aliphatic heterocycles. The van der Waals surface area contributed by atoms with Crippen molar-refractivity contribution in [2.45, 2.75) is 6.04 Å². The third kappa shape index (κ3) is 2.90. The van der Waals surface area contributed by atoms with Crippen molar-refractivity contribution in [1.29, 1.82) is 0 Å². The highest BCUT2D eigenvalue weighted by Crippen LogP contribution is 2.43. The Labute approximate surface area is 163 Å². The first-order valence-corrected chi connectivity index (χ1v) is 9.22. The minimum Gasteiger partial charge on any atom is -0.507 e. The van der Waals surface area contributed by atoms with E-state index in [9.17, 15) is 23.5 Å². The number of benzene rings is 2. The highest BCUT2D eigenvalue weighted by atomic mass is 32.1. The van der Waals surface area contributed by atoms with Crippen LogP contribution in [0.25, 0.3) is 5.76 Å². The molecule has 1 fully saturated rings. The number of hydrogen-bond donors (Lipinski definition) is 1. The van der Waals surface area contributed by atoms with Crippen LogP contribution in [0.3, 0.4) is 0 Å². The first-order valence-electron chi connectivity index (χ1n) is 8.34. The zero-order valence-electron chi connectivity index (χ0n) is 14.3. The van der Waals surface area contributed by atoms with Crippen molar-refractivity contribution in [1.82, 2.24) is 0 Å². The van der Waals surface area contributed by atoms with Crippen LogP contribution in [0.5, 0.6) is 0 Å². The summed E-state index contributed by atoms with van der Waals surface area (Å²) in [6, 6.07) is 13.9. The molecular weight excluding hydrogens is 384 g/mol. The summed E-state index contributed by atoms with van der Waals surface area (Å²) in [5.41, 5.74) is 0.322. The van der Waals surface area contributed by atoms with E-state index in [1.807, 2.05) is 0 Å². The lowest BCUT2D eigenvalue weighted by Gasteiger charge is -2.24. The van der Waals surface area contributed by atoms with Crippen molar-refractivity contribution in [2.24, 2.45) is 0 Å². The molecule has 1 amide bonds. The Hall–Kier alpha value is -3.32. The first-order chi connectivity index (χ1) is 13.5. The van der Waals surface area contributed by atoms with Crippen molar-refractivity contribution in [3.63, 3.8) is 0 Å². The average Bonchev–Trinajstić information content (AvgIpc) is 3.32. The number of nitrogens with zero attached hydrogens (tertiary/aromatic N) is 1. The van der Waals surface area contributed by atoms with E-state index in [2.05, 4.69) is 0 Å². The van der Waals surface area contributed by atoms with E-state index in [0.29, 0.717) is 10.4 Å². The molecule has 140 valence electrons. The molecule has 1 unspecified atom stereocenters. The summed E-state index contributed by atoms with van der Waals surface area (Å²) in [6.07, 6.45) is 0. The van der Waals surface area contributed by atoms with Crippen LogP contribution in [-0.4, -0.2) is 16.8 Å². The van der Waals surface area contributed by atoms with Crippen LogP contribution in [0.2, 0.25) is 0 Å². The molecular formula is C21H13F2NO3S. The predicted octanol–water partition coefficient (Wildman–Crippen LogP) is 4.65. The number of carbonyl (C=O) groups excluding carboxylic acids is 2. The summed E-state index contributed by atoms with van der Waals surface area (Å²) in [4.78, 5) is 27.3. The van der Waals surface area contributed by atoms with E-state index < -0.39 is 29.4 Å². The standard InChI is InChI=1S/C21H13F2NO3S/c22-14-9-8-13(11-15(14)23)24-18(16-7-4-10-28-16)17(20(26)21(24)27)19(25)12-5-2-1-3-6-12/h1-11,18,25H/b19-17-. The number of aliphatic hydroxyl groups excluding tert-OH is 1. The maximum absolute atomic E-state index is 13.8. The monoisotopic (exact) mass is 397 g/mol. The largest absolute Gasteiger partial charge is 0.507 e. The SMILES string of the molecule is O=C1C(=O)N(c2ccc(F)c(F)c2)C(c2cccs2)/C1=C(/O)c1ccccc1. The van der Waals surface area contributed by atoms with Crippen LogP contribution in [-0.2, 0) is 9.59 Å². The zero-order chi connectivity index (χ0) is 19.8. The highest BCUT2D eigenvalue weighted by Gasteiger charge is 2.47. The van der Waals surface area contributed by atoms with Gasteiger partial charge in [-0.05, 0) is 23.6 Å². The second-order valence-corrected chi connectivity index (χ2v) is 7.13. The van der Waals surface area contributed by atoms with Gasteiger partial charge in [-0.1, -0.05) is 36.4 Å². The van der Waals surface area contributed by atoms with E-state index in [1.54, 1.807) is 47.8 Å². The summed E-state index contributed by atoms with van der Waals surface area (Å²) in [7, 11) is 0. The molecule has 4 rings (SSSR count). The van der Waals surface area contributed by atoms with E-state index >= 15 is 0 Å². The zero-order valence-corrected chi connectivity index (χ0v) is 15.1. The van der Waals surface area contributed by atoms with Gasteiger partial charge in [0.2, 0.25) is 0 Å². The molecule has 1 N–H and O–H groups in total. The van der Waals surface area contributed by atoms with Crippen LogP contribution in [0.1, 0.15) is 16.5 Å². The quantitative estimate of drug-likeness (QED) is 0.398. The number of aliphatic hydroxyl groups is 1. The maximum Gasteiger partial charge on any atom is 0.300 e. The van der Waals surface area contributed by atoms with Gasteiger partial charge < -0.3 is 5.11 Å². The molecule has 2 heterocycles. The lowest BCUT2D eigenvalue weighted by atomic mass is 10.00. The molecule has 3 aromatic rings. The lowest BCUT2D eigenvalue weighted by Crippen LogP contribution is -2.29. The van der Waals surface area contributed by atoms with Gasteiger partial charge in [0.05, 0.1) is 5.57 Å². The fourth-order valence-electron chi connectivity index (χ4n) is 3.20. The molecule has 1 atom stereocenters. The average molecular weight is 397 g/mol. The molecule has 7 heteroatoms. The summed E-state index contributed by atoms with van der Waals surface area (Å²) in [5.74, 6) is -4.31. The molecule has 0 radical (unpaired) electrons. The number of anilines is 1. The van der Waals surface area contributed by atoms with E-state index in [1.165, 1.54) is 17.4 Å². The van der Waals surface area contributed by atoms with E-state index in [0.717, 1.165) is 17.0 Å². The summed E-state index contributed by atoms with van der Waals surface area (Å²) < 4.78 is 27.2. The number of thiophene rings is 1.